The summed E-state index contributed by atoms with van der Waals surface area (Å²) in [5.74, 6) is 0. The molecule has 1 aliphatic rings. The number of nitrogens with zero attached hydrogens (tertiary/aromatic N) is 1. The first kappa shape index (κ1) is 10.0. The van der Waals surface area contributed by atoms with Gasteiger partial charge in [-0.2, -0.15) is 0 Å². The summed E-state index contributed by atoms with van der Waals surface area (Å²) in [6.07, 6.45) is 4.28. The molecule has 0 atom stereocenters. The van der Waals surface area contributed by atoms with E-state index in [2.05, 4.69) is 39.8 Å². The third-order valence-corrected chi connectivity index (χ3v) is 3.48. The van der Waals surface area contributed by atoms with Crippen molar-refractivity contribution in [1.82, 2.24) is 4.90 Å². The first-order valence-corrected chi connectivity index (χ1v) is 5.02. The van der Waals surface area contributed by atoms with E-state index >= 15 is 0 Å². The molecule has 0 heterocycles. The van der Waals surface area contributed by atoms with E-state index < -0.39 is 0 Å². The van der Waals surface area contributed by atoms with Gasteiger partial charge in [0, 0.05) is 0 Å². The van der Waals surface area contributed by atoms with Gasteiger partial charge >= 0.3 is 0 Å². The van der Waals surface area contributed by atoms with Crippen molar-refractivity contribution in [2.45, 2.75) is 40.0 Å². The van der Waals surface area contributed by atoms with Crippen molar-refractivity contribution in [2.75, 3.05) is 20.6 Å². The first-order chi connectivity index (χ1) is 5.37. The molecule has 0 radical (unpaired) electrons. The minimum atomic E-state index is 0.517. The van der Waals surface area contributed by atoms with Crippen molar-refractivity contribution in [3.8, 4) is 0 Å². The summed E-state index contributed by atoms with van der Waals surface area (Å²) in [6, 6.07) is 0. The molecule has 1 heteroatoms. The van der Waals surface area contributed by atoms with Gasteiger partial charge in [-0.25, -0.2) is 0 Å². The lowest BCUT2D eigenvalue weighted by atomic mass is 9.75. The summed E-state index contributed by atoms with van der Waals surface area (Å²) in [7, 11) is 4.33. The van der Waals surface area contributed by atoms with Crippen LogP contribution in [0.3, 0.4) is 0 Å². The van der Waals surface area contributed by atoms with Crippen LogP contribution in [0.1, 0.15) is 40.0 Å². The van der Waals surface area contributed by atoms with Crippen LogP contribution in [-0.4, -0.2) is 25.5 Å². The van der Waals surface area contributed by atoms with Crippen LogP contribution in [0.2, 0.25) is 0 Å². The van der Waals surface area contributed by atoms with E-state index in [1.54, 1.807) is 0 Å². The average Bonchev–Trinajstić information content (AvgIpc) is 2.60. The smallest absolute Gasteiger partial charge is 0.00193 e. The third-order valence-electron chi connectivity index (χ3n) is 3.48. The molecule has 1 aliphatic carbocycles. The minimum Gasteiger partial charge on any atom is -0.309 e. The van der Waals surface area contributed by atoms with Crippen LogP contribution in [0.25, 0.3) is 0 Å². The fourth-order valence-corrected chi connectivity index (χ4v) is 1.96. The molecular formula is C11H23N. The maximum atomic E-state index is 2.38. The molecule has 0 spiro atoms. The Labute approximate surface area is 77.1 Å². The van der Waals surface area contributed by atoms with Crippen LogP contribution < -0.4 is 0 Å². The lowest BCUT2D eigenvalue weighted by molar-refractivity contribution is 0.180. The quantitative estimate of drug-likeness (QED) is 0.628. The highest BCUT2D eigenvalue weighted by Crippen LogP contribution is 2.60. The molecule has 0 aromatic heterocycles. The standard InChI is InChI=1S/C11H23N/c1-10(2,3)11(6-7-11)8-9-12(4)5/h6-9H2,1-5H3. The predicted octanol–water partition coefficient (Wildman–Crippen LogP) is 2.76. The second-order valence-electron chi connectivity index (χ2n) is 5.58. The van der Waals surface area contributed by atoms with Crippen molar-refractivity contribution in [1.29, 1.82) is 0 Å². The Morgan fingerprint density at radius 3 is 1.92 bits per heavy atom. The molecule has 12 heavy (non-hydrogen) atoms. The Bertz CT molecular complexity index is 149. The lowest BCUT2D eigenvalue weighted by Gasteiger charge is -2.31. The Kier molecular flexibility index (Phi) is 2.53. The zero-order valence-electron chi connectivity index (χ0n) is 9.28. The van der Waals surface area contributed by atoms with Crippen molar-refractivity contribution >= 4 is 0 Å². The normalized spacial score (nSPS) is 21.5. The molecule has 72 valence electrons. The van der Waals surface area contributed by atoms with E-state index in [0.29, 0.717) is 10.8 Å². The van der Waals surface area contributed by atoms with Gasteiger partial charge in [-0.3, -0.25) is 0 Å². The van der Waals surface area contributed by atoms with Gasteiger partial charge in [0.2, 0.25) is 0 Å². The highest BCUT2D eigenvalue weighted by atomic mass is 15.0. The van der Waals surface area contributed by atoms with Crippen molar-refractivity contribution in [2.24, 2.45) is 10.8 Å². The summed E-state index contributed by atoms with van der Waals surface area (Å²) in [5.41, 5.74) is 1.19. The number of rotatable bonds is 3. The SMILES string of the molecule is CN(C)CCC1(C(C)(C)C)CC1. The van der Waals surface area contributed by atoms with E-state index in [4.69, 9.17) is 0 Å². The molecule has 0 unspecified atom stereocenters. The van der Waals surface area contributed by atoms with E-state index in [0.717, 1.165) is 0 Å². The zero-order valence-corrected chi connectivity index (χ0v) is 9.28. The van der Waals surface area contributed by atoms with Crippen molar-refractivity contribution in [3.63, 3.8) is 0 Å². The Hall–Kier alpha value is -0.0400. The first-order valence-electron chi connectivity index (χ1n) is 5.02. The fraction of sp³-hybridized carbons (Fsp3) is 1.00. The van der Waals surface area contributed by atoms with Crippen molar-refractivity contribution < 1.29 is 0 Å². The summed E-state index contributed by atoms with van der Waals surface area (Å²) in [5, 5.41) is 0. The Morgan fingerprint density at radius 1 is 1.17 bits per heavy atom. The Morgan fingerprint density at radius 2 is 1.67 bits per heavy atom. The molecule has 0 bridgehead atoms. The van der Waals surface area contributed by atoms with E-state index in [1.807, 2.05) is 0 Å². The van der Waals surface area contributed by atoms with Crippen molar-refractivity contribution in [3.05, 3.63) is 0 Å². The number of hydrogen-bond acceptors (Lipinski definition) is 1. The lowest BCUT2D eigenvalue weighted by Crippen LogP contribution is -2.26. The summed E-state index contributed by atoms with van der Waals surface area (Å²) in [6.45, 7) is 8.40. The summed E-state index contributed by atoms with van der Waals surface area (Å²) < 4.78 is 0. The maximum absolute atomic E-state index is 2.38. The highest BCUT2D eigenvalue weighted by Gasteiger charge is 2.50. The van der Waals surface area contributed by atoms with Gasteiger partial charge in [-0.05, 0) is 50.7 Å². The van der Waals surface area contributed by atoms with Gasteiger partial charge in [-0.1, -0.05) is 20.8 Å². The molecule has 0 saturated heterocycles. The second kappa shape index (κ2) is 3.02. The maximum Gasteiger partial charge on any atom is -0.00193 e. The summed E-state index contributed by atoms with van der Waals surface area (Å²) >= 11 is 0. The largest absolute Gasteiger partial charge is 0.309 e. The van der Waals surface area contributed by atoms with Gasteiger partial charge in [0.15, 0.2) is 0 Å². The molecule has 0 aromatic rings. The fourth-order valence-electron chi connectivity index (χ4n) is 1.96. The third kappa shape index (κ3) is 2.01. The molecule has 1 saturated carbocycles. The second-order valence-corrected chi connectivity index (χ2v) is 5.58. The van der Waals surface area contributed by atoms with Gasteiger partial charge < -0.3 is 4.90 Å². The topological polar surface area (TPSA) is 3.24 Å². The van der Waals surface area contributed by atoms with E-state index in [-0.39, 0.29) is 0 Å². The monoisotopic (exact) mass is 169 g/mol. The van der Waals surface area contributed by atoms with Crippen LogP contribution in [-0.2, 0) is 0 Å². The molecular weight excluding hydrogens is 146 g/mol. The molecule has 0 aliphatic heterocycles. The van der Waals surface area contributed by atoms with Crippen LogP contribution in [0.4, 0.5) is 0 Å². The van der Waals surface area contributed by atoms with Gasteiger partial charge in [0.25, 0.3) is 0 Å². The molecule has 0 N–H and O–H groups in total. The van der Waals surface area contributed by atoms with Crippen LogP contribution in [0, 0.1) is 10.8 Å². The van der Waals surface area contributed by atoms with E-state index in [9.17, 15) is 0 Å². The number of hydrogen-bond donors (Lipinski definition) is 0. The predicted molar refractivity (Wildman–Crippen MR) is 54.3 cm³/mol. The van der Waals surface area contributed by atoms with Gasteiger partial charge in [0.1, 0.15) is 0 Å². The molecule has 1 rings (SSSR count). The Balaban J connectivity index is 2.40. The van der Waals surface area contributed by atoms with Crippen LogP contribution in [0.15, 0.2) is 0 Å². The van der Waals surface area contributed by atoms with Gasteiger partial charge in [-0.15, -0.1) is 0 Å². The minimum absolute atomic E-state index is 0.517. The molecule has 1 nitrogen and oxygen atoms in total. The molecule has 0 aromatic carbocycles. The van der Waals surface area contributed by atoms with E-state index in [1.165, 1.54) is 25.8 Å². The molecule has 0 amide bonds. The average molecular weight is 169 g/mol. The zero-order chi connectivity index (χ0) is 9.41. The summed E-state index contributed by atoms with van der Waals surface area (Å²) in [4.78, 5) is 2.30. The highest BCUT2D eigenvalue weighted by molar-refractivity contribution is 5.01. The molecule has 1 fully saturated rings. The van der Waals surface area contributed by atoms with Gasteiger partial charge in [0.05, 0.1) is 0 Å². The van der Waals surface area contributed by atoms with Crippen LogP contribution >= 0.6 is 0 Å². The van der Waals surface area contributed by atoms with Crippen LogP contribution in [0.5, 0.6) is 0 Å².